The van der Waals surface area contributed by atoms with E-state index < -0.39 is 5.69 Å². The van der Waals surface area contributed by atoms with E-state index >= 15 is 0 Å². The Morgan fingerprint density at radius 1 is 1.17 bits per heavy atom. The third-order valence-corrected chi connectivity index (χ3v) is 4.04. The van der Waals surface area contributed by atoms with Gasteiger partial charge in [0.2, 0.25) is 5.91 Å². The van der Waals surface area contributed by atoms with Crippen LogP contribution in [0, 0.1) is 6.92 Å². The number of benzene rings is 1. The van der Waals surface area contributed by atoms with Crippen LogP contribution in [0.3, 0.4) is 0 Å². The second-order valence-electron chi connectivity index (χ2n) is 4.87. The number of fused-ring (bicyclic) bond motifs is 1. The average Bonchev–Trinajstić information content (AvgIpc) is 2.55. The molecule has 0 saturated carbocycles. The fourth-order valence-corrected chi connectivity index (χ4v) is 2.67. The number of carbonyl (C=O) groups excluding carboxylic acids is 1. The van der Waals surface area contributed by atoms with E-state index in [-0.39, 0.29) is 11.7 Å². The van der Waals surface area contributed by atoms with Gasteiger partial charge in [0.05, 0.1) is 5.75 Å². The van der Waals surface area contributed by atoms with Gasteiger partial charge in [0.15, 0.2) is 5.16 Å². The van der Waals surface area contributed by atoms with Gasteiger partial charge in [0, 0.05) is 11.9 Å². The van der Waals surface area contributed by atoms with Crippen molar-refractivity contribution < 1.29 is 4.79 Å². The molecule has 7 heteroatoms. The van der Waals surface area contributed by atoms with Crippen LogP contribution < -0.4 is 11.0 Å². The molecule has 1 N–H and O–H groups in total. The lowest BCUT2D eigenvalue weighted by molar-refractivity contribution is -0.113. The first kappa shape index (κ1) is 15.2. The van der Waals surface area contributed by atoms with Crippen molar-refractivity contribution in [2.75, 3.05) is 11.1 Å². The van der Waals surface area contributed by atoms with Crippen LogP contribution in [0.25, 0.3) is 5.65 Å². The number of nitrogens with one attached hydrogen (secondary N) is 1. The first-order chi connectivity index (χ1) is 11.1. The molecule has 0 atom stereocenters. The molecule has 0 saturated heterocycles. The van der Waals surface area contributed by atoms with Gasteiger partial charge in [0.25, 0.3) is 0 Å². The first-order valence-corrected chi connectivity index (χ1v) is 7.96. The molecule has 0 aliphatic rings. The van der Waals surface area contributed by atoms with E-state index in [9.17, 15) is 9.59 Å². The zero-order valence-corrected chi connectivity index (χ0v) is 13.2. The third kappa shape index (κ3) is 3.57. The van der Waals surface area contributed by atoms with E-state index in [1.807, 2.05) is 31.2 Å². The van der Waals surface area contributed by atoms with Crippen molar-refractivity contribution in [2.45, 2.75) is 12.1 Å². The highest BCUT2D eigenvalue weighted by molar-refractivity contribution is 7.99. The van der Waals surface area contributed by atoms with Gasteiger partial charge in [-0.05, 0) is 30.7 Å². The predicted molar refractivity (Wildman–Crippen MR) is 89.8 cm³/mol. The fraction of sp³-hybridized carbons (Fsp3) is 0.125. The molecule has 0 radical (unpaired) electrons. The Bertz CT molecular complexity index is 923. The monoisotopic (exact) mass is 326 g/mol. The molecular formula is C16H14N4O2S. The molecule has 0 bridgehead atoms. The number of para-hydroxylation sites is 1. The van der Waals surface area contributed by atoms with Crippen molar-refractivity contribution in [3.05, 3.63) is 64.7 Å². The smallest absolute Gasteiger partial charge is 0.325 e. The minimum atomic E-state index is -0.405. The molecule has 1 aromatic carbocycles. The van der Waals surface area contributed by atoms with Crippen LogP contribution in [0.4, 0.5) is 5.69 Å². The topological polar surface area (TPSA) is 76.4 Å². The molecule has 0 unspecified atom stereocenters. The summed E-state index contributed by atoms with van der Waals surface area (Å²) in [5.41, 5.74) is 1.87. The van der Waals surface area contributed by atoms with Crippen molar-refractivity contribution in [3.63, 3.8) is 0 Å². The van der Waals surface area contributed by atoms with Gasteiger partial charge in [-0.1, -0.05) is 36.0 Å². The number of hydrogen-bond donors (Lipinski definition) is 1. The summed E-state index contributed by atoms with van der Waals surface area (Å²) in [7, 11) is 0. The largest absolute Gasteiger partial charge is 0.355 e. The van der Waals surface area contributed by atoms with Gasteiger partial charge in [-0.25, -0.2) is 9.78 Å². The molecule has 3 rings (SSSR count). The maximum atomic E-state index is 12.0. The van der Waals surface area contributed by atoms with Gasteiger partial charge in [-0.2, -0.15) is 4.98 Å². The number of hydrogen-bond acceptors (Lipinski definition) is 5. The molecule has 23 heavy (non-hydrogen) atoms. The molecule has 0 aliphatic carbocycles. The zero-order chi connectivity index (χ0) is 16.2. The quantitative estimate of drug-likeness (QED) is 0.743. The summed E-state index contributed by atoms with van der Waals surface area (Å²) in [6.07, 6.45) is 1.61. The Balaban J connectivity index is 1.70. The van der Waals surface area contributed by atoms with Crippen LogP contribution in [-0.4, -0.2) is 26.0 Å². The summed E-state index contributed by atoms with van der Waals surface area (Å²) in [5, 5.41) is 3.13. The summed E-state index contributed by atoms with van der Waals surface area (Å²) in [6.45, 7) is 1.93. The van der Waals surface area contributed by atoms with E-state index in [4.69, 9.17) is 0 Å². The molecule has 2 heterocycles. The highest BCUT2D eigenvalue weighted by Gasteiger charge is 2.09. The Labute approximate surface area is 136 Å². The van der Waals surface area contributed by atoms with Crippen molar-refractivity contribution in [1.82, 2.24) is 14.4 Å². The first-order valence-electron chi connectivity index (χ1n) is 6.97. The molecule has 6 nitrogen and oxygen atoms in total. The minimum absolute atomic E-state index is 0.136. The van der Waals surface area contributed by atoms with Crippen molar-refractivity contribution in [1.29, 1.82) is 0 Å². The fourth-order valence-electron chi connectivity index (χ4n) is 2.04. The van der Waals surface area contributed by atoms with Crippen molar-refractivity contribution >= 4 is 29.0 Å². The number of thioether (sulfide) groups is 1. The molecule has 1 amide bonds. The van der Waals surface area contributed by atoms with Crippen LogP contribution in [0.15, 0.2) is 58.6 Å². The molecule has 116 valence electrons. The molecule has 3 aromatic rings. The van der Waals surface area contributed by atoms with Crippen molar-refractivity contribution in [2.24, 2.45) is 0 Å². The van der Waals surface area contributed by atoms with Gasteiger partial charge in [0.1, 0.15) is 5.65 Å². The van der Waals surface area contributed by atoms with E-state index in [1.54, 1.807) is 24.4 Å². The highest BCUT2D eigenvalue weighted by atomic mass is 32.2. The summed E-state index contributed by atoms with van der Waals surface area (Å²) in [6, 6.07) is 12.8. The Morgan fingerprint density at radius 3 is 2.78 bits per heavy atom. The Kier molecular flexibility index (Phi) is 4.38. The molecule has 0 fully saturated rings. The summed E-state index contributed by atoms with van der Waals surface area (Å²) < 4.78 is 1.36. The van der Waals surface area contributed by atoms with Gasteiger partial charge in [-0.15, -0.1) is 0 Å². The van der Waals surface area contributed by atoms with E-state index in [2.05, 4.69) is 15.3 Å². The maximum absolute atomic E-state index is 12.0. The van der Waals surface area contributed by atoms with Gasteiger partial charge in [-0.3, -0.25) is 9.20 Å². The van der Waals surface area contributed by atoms with Crippen LogP contribution >= 0.6 is 11.8 Å². The third-order valence-electron chi connectivity index (χ3n) is 3.20. The maximum Gasteiger partial charge on any atom is 0.355 e. The van der Waals surface area contributed by atoms with Gasteiger partial charge >= 0.3 is 5.69 Å². The number of anilines is 1. The van der Waals surface area contributed by atoms with Crippen LogP contribution in [-0.2, 0) is 4.79 Å². The average molecular weight is 326 g/mol. The SMILES string of the molecule is Cc1ccccc1NC(=O)CSc1nc(=O)n2ccccc2n1. The number of amides is 1. The lowest BCUT2D eigenvalue weighted by Gasteiger charge is -2.07. The normalized spacial score (nSPS) is 10.7. The second kappa shape index (κ2) is 6.62. The molecule has 2 aromatic heterocycles. The minimum Gasteiger partial charge on any atom is -0.325 e. The van der Waals surface area contributed by atoms with Gasteiger partial charge < -0.3 is 5.32 Å². The summed E-state index contributed by atoms with van der Waals surface area (Å²) in [5.74, 6) is -0.0299. The lowest BCUT2D eigenvalue weighted by atomic mass is 10.2. The van der Waals surface area contributed by atoms with E-state index in [1.165, 1.54) is 4.40 Å². The summed E-state index contributed by atoms with van der Waals surface area (Å²) in [4.78, 5) is 32.0. The Hall–Kier alpha value is -2.67. The molecule has 0 aliphatic heterocycles. The van der Waals surface area contributed by atoms with Crippen molar-refractivity contribution in [3.8, 4) is 0 Å². The highest BCUT2D eigenvalue weighted by Crippen LogP contribution is 2.16. The number of aromatic nitrogens is 3. The van der Waals surface area contributed by atoms with E-state index in [0.29, 0.717) is 10.8 Å². The molecule has 0 spiro atoms. The number of rotatable bonds is 4. The number of carbonyl (C=O) groups is 1. The zero-order valence-electron chi connectivity index (χ0n) is 12.4. The van der Waals surface area contributed by atoms with Crippen LogP contribution in [0.2, 0.25) is 0 Å². The standard InChI is InChI=1S/C16H14N4O2S/c1-11-6-2-3-7-12(11)17-14(21)10-23-15-18-13-8-4-5-9-20(13)16(22)19-15/h2-9H,10H2,1H3,(H,17,21). The van der Waals surface area contributed by atoms with Crippen LogP contribution in [0.5, 0.6) is 0 Å². The lowest BCUT2D eigenvalue weighted by Crippen LogP contribution is -2.20. The second-order valence-corrected chi connectivity index (χ2v) is 5.81. The predicted octanol–water partition coefficient (Wildman–Crippen LogP) is 2.13. The van der Waals surface area contributed by atoms with Crippen LogP contribution in [0.1, 0.15) is 5.56 Å². The number of aryl methyl sites for hydroxylation is 1. The number of nitrogens with zero attached hydrogens (tertiary/aromatic N) is 3. The number of pyridine rings is 1. The Morgan fingerprint density at radius 2 is 1.96 bits per heavy atom. The summed E-state index contributed by atoms with van der Waals surface area (Å²) >= 11 is 1.14. The van der Waals surface area contributed by atoms with E-state index in [0.717, 1.165) is 23.0 Å². The molecular weight excluding hydrogens is 312 g/mol.